The van der Waals surface area contributed by atoms with Crippen LogP contribution in [0, 0.1) is 12.1 Å². The molecular formula is C74H48N2Pt. The molecule has 0 aliphatic heterocycles. The van der Waals surface area contributed by atoms with Crippen LogP contribution in [0.2, 0.25) is 0 Å². The zero-order valence-corrected chi connectivity index (χ0v) is 44.2. The van der Waals surface area contributed by atoms with E-state index in [0.717, 1.165) is 67.0 Å². The molecular weight excluding hydrogens is 1110 g/mol. The van der Waals surface area contributed by atoms with Crippen LogP contribution in [-0.2, 0) is 31.9 Å². The van der Waals surface area contributed by atoms with E-state index < -0.39 is 10.8 Å². The minimum Gasteiger partial charge on any atom is -0.260 e. The number of nitrogens with zero attached hydrogens (tertiary/aromatic N) is 2. The molecule has 0 unspecified atom stereocenters. The van der Waals surface area contributed by atoms with Gasteiger partial charge in [0.25, 0.3) is 0 Å². The zero-order valence-electron chi connectivity index (χ0n) is 41.9. The first-order valence-electron chi connectivity index (χ1n) is 26.1. The van der Waals surface area contributed by atoms with Gasteiger partial charge in [0.2, 0.25) is 0 Å². The summed E-state index contributed by atoms with van der Waals surface area (Å²) in [4.78, 5) is 10.4. The Morgan fingerprint density at radius 3 is 0.948 bits per heavy atom. The van der Waals surface area contributed by atoms with Crippen LogP contribution in [0.1, 0.15) is 67.0 Å². The fourth-order valence-electron chi connectivity index (χ4n) is 12.5. The number of fused-ring (bicyclic) bond motifs is 6. The van der Waals surface area contributed by atoms with E-state index in [1.54, 1.807) is 0 Å². The molecule has 0 saturated heterocycles. The van der Waals surface area contributed by atoms with Crippen molar-refractivity contribution in [3.8, 4) is 44.5 Å². The summed E-state index contributed by atoms with van der Waals surface area (Å²) in [5.41, 5.74) is 22.7. The van der Waals surface area contributed by atoms with E-state index in [4.69, 9.17) is 9.97 Å². The van der Waals surface area contributed by atoms with Crippen LogP contribution >= 0.6 is 0 Å². The Kier molecular flexibility index (Phi) is 12.3. The Morgan fingerprint density at radius 2 is 0.597 bits per heavy atom. The molecule has 0 saturated carbocycles. The van der Waals surface area contributed by atoms with Crippen molar-refractivity contribution < 1.29 is 21.1 Å². The molecule has 2 heterocycles. The summed E-state index contributed by atoms with van der Waals surface area (Å²) in [6.45, 7) is 0. The Labute approximate surface area is 465 Å². The predicted octanol–water partition coefficient (Wildman–Crippen LogP) is 17.1. The first-order valence-corrected chi connectivity index (χ1v) is 26.1. The maximum Gasteiger partial charge on any atom is 2.00 e. The Hall–Kier alpha value is -9.07. The van der Waals surface area contributed by atoms with Gasteiger partial charge in [-0.25, -0.2) is 0 Å². The van der Waals surface area contributed by atoms with Crippen LogP contribution in [-0.4, -0.2) is 9.97 Å². The molecule has 3 heteroatoms. The average Bonchev–Trinajstić information content (AvgIpc) is 4.23. The number of aromatic nitrogens is 2. The van der Waals surface area contributed by atoms with Gasteiger partial charge in [0.15, 0.2) is 0 Å². The van der Waals surface area contributed by atoms with Gasteiger partial charge in [0.1, 0.15) is 0 Å². The van der Waals surface area contributed by atoms with Crippen LogP contribution in [0.3, 0.4) is 0 Å². The standard InChI is InChI=1S/C74H48N2.Pt/c1-3-21-51(22-4-1)53-39-43-55(44-40-53)71(56-45-41-54(42-46-56)52-23-5-2-6-24-52)72(57-25-19-27-59(49-57)73(69-37-15-17-47-75-69)65-33-11-7-29-61(65)62-30-8-12-34-66(62)73)58-26-20-28-60(50-58)74(70-38-16-18-48-76-70)67-35-13-9-31-63(67)64-32-10-14-36-68(64)74;/h1-48H;/q-2;+2. The van der Waals surface area contributed by atoms with Crippen LogP contribution in [0.15, 0.2) is 291 Å². The largest absolute Gasteiger partial charge is 2.00 e. The van der Waals surface area contributed by atoms with E-state index in [2.05, 4.69) is 279 Å². The number of pyridine rings is 2. The van der Waals surface area contributed by atoms with Gasteiger partial charge in [-0.1, -0.05) is 218 Å². The van der Waals surface area contributed by atoms with Crippen molar-refractivity contribution in [1.82, 2.24) is 9.97 Å². The third-order valence-electron chi connectivity index (χ3n) is 15.8. The molecule has 10 aromatic carbocycles. The monoisotopic (exact) mass is 1160 g/mol. The zero-order chi connectivity index (χ0) is 50.5. The molecule has 2 aliphatic rings. The van der Waals surface area contributed by atoms with Crippen molar-refractivity contribution in [2.24, 2.45) is 0 Å². The molecule has 364 valence electrons. The van der Waals surface area contributed by atoms with E-state index in [1.807, 2.05) is 24.5 Å². The quantitative estimate of drug-likeness (QED) is 0.101. The molecule has 2 aromatic heterocycles. The minimum atomic E-state index is -0.768. The molecule has 0 amide bonds. The van der Waals surface area contributed by atoms with E-state index in [9.17, 15) is 0 Å². The van der Waals surface area contributed by atoms with Crippen molar-refractivity contribution in [2.75, 3.05) is 0 Å². The summed E-state index contributed by atoms with van der Waals surface area (Å²) in [6, 6.07) is 109. The van der Waals surface area contributed by atoms with Crippen molar-refractivity contribution >= 4 is 11.1 Å². The molecule has 0 bridgehead atoms. The van der Waals surface area contributed by atoms with E-state index in [1.165, 1.54) is 55.6 Å². The first-order chi connectivity index (χ1) is 37.7. The van der Waals surface area contributed by atoms with E-state index in [0.29, 0.717) is 0 Å². The third kappa shape index (κ3) is 7.74. The van der Waals surface area contributed by atoms with Gasteiger partial charge in [-0.05, 0) is 108 Å². The van der Waals surface area contributed by atoms with Crippen molar-refractivity contribution in [3.63, 3.8) is 0 Å². The molecule has 0 spiro atoms. The van der Waals surface area contributed by atoms with Crippen molar-refractivity contribution in [2.45, 2.75) is 10.8 Å². The molecule has 0 atom stereocenters. The average molecular weight is 1160 g/mol. The summed E-state index contributed by atoms with van der Waals surface area (Å²) in [7, 11) is 0. The number of hydrogen-bond acceptors (Lipinski definition) is 2. The van der Waals surface area contributed by atoms with Gasteiger partial charge in [-0.2, -0.15) is 0 Å². The molecule has 77 heavy (non-hydrogen) atoms. The van der Waals surface area contributed by atoms with Crippen LogP contribution in [0.5, 0.6) is 0 Å². The van der Waals surface area contributed by atoms with Crippen molar-refractivity contribution in [3.05, 3.63) is 371 Å². The predicted molar refractivity (Wildman–Crippen MR) is 310 cm³/mol. The smallest absolute Gasteiger partial charge is 0.260 e. The van der Waals surface area contributed by atoms with Gasteiger partial charge in [0.05, 0.1) is 22.2 Å². The summed E-state index contributed by atoms with van der Waals surface area (Å²) in [5, 5.41) is 0. The number of rotatable bonds is 10. The van der Waals surface area contributed by atoms with Crippen LogP contribution < -0.4 is 0 Å². The second-order valence-electron chi connectivity index (χ2n) is 19.7. The molecule has 14 rings (SSSR count). The topological polar surface area (TPSA) is 25.8 Å². The molecule has 2 nitrogen and oxygen atoms in total. The molecule has 0 radical (unpaired) electrons. The van der Waals surface area contributed by atoms with Gasteiger partial charge >= 0.3 is 21.1 Å². The summed E-state index contributed by atoms with van der Waals surface area (Å²) in [5.74, 6) is 0. The summed E-state index contributed by atoms with van der Waals surface area (Å²) < 4.78 is 0. The van der Waals surface area contributed by atoms with Gasteiger partial charge in [-0.3, -0.25) is 9.97 Å². The Bertz CT molecular complexity index is 3770. The molecule has 0 fully saturated rings. The van der Waals surface area contributed by atoms with Crippen molar-refractivity contribution in [1.29, 1.82) is 0 Å². The maximum atomic E-state index is 5.22. The van der Waals surface area contributed by atoms with Crippen LogP contribution in [0.25, 0.3) is 55.7 Å². The van der Waals surface area contributed by atoms with E-state index in [-0.39, 0.29) is 21.1 Å². The number of hydrogen-bond donors (Lipinski definition) is 0. The van der Waals surface area contributed by atoms with E-state index >= 15 is 0 Å². The van der Waals surface area contributed by atoms with Gasteiger partial charge < -0.3 is 0 Å². The molecule has 2 aliphatic carbocycles. The third-order valence-corrected chi connectivity index (χ3v) is 15.8. The Morgan fingerprint density at radius 1 is 0.273 bits per heavy atom. The first kappa shape index (κ1) is 47.6. The van der Waals surface area contributed by atoms with Gasteiger partial charge in [-0.15, -0.1) is 76.4 Å². The summed E-state index contributed by atoms with van der Waals surface area (Å²) >= 11 is 0. The van der Waals surface area contributed by atoms with Crippen LogP contribution in [0.4, 0.5) is 0 Å². The summed E-state index contributed by atoms with van der Waals surface area (Å²) in [6.07, 6.45) is 3.84. The fourth-order valence-corrected chi connectivity index (χ4v) is 12.5. The number of benzene rings is 10. The second-order valence-corrected chi connectivity index (χ2v) is 19.7. The Balaban J connectivity index is 0.00000566. The minimum absolute atomic E-state index is 0. The molecule has 12 aromatic rings. The fraction of sp³-hybridized carbons (Fsp3) is 0.0270. The SMILES string of the molecule is [Pt+2].[c-]1c(C(=C(c2ccc(-c3ccccc3)cc2)c2ccc(-c3ccccc3)cc2)c2[c-]c(C3(c4ccccn4)c4ccccc4-c4ccccc43)ccc2)cccc1C1(c2ccccn2)c2ccccc2-c2ccccc21. The van der Waals surface area contributed by atoms with Gasteiger partial charge in [0, 0.05) is 12.4 Å². The second kappa shape index (κ2) is 19.9. The normalized spacial score (nSPS) is 13.0. The molecule has 0 N–H and O–H groups in total. The maximum absolute atomic E-state index is 5.22.